The summed E-state index contributed by atoms with van der Waals surface area (Å²) in [4.78, 5) is 0. The Morgan fingerprint density at radius 1 is 0.765 bits per heavy atom. The normalized spacial score (nSPS) is 11.1. The molecule has 0 saturated carbocycles. The fourth-order valence-electron chi connectivity index (χ4n) is 1.65. The molecule has 0 unspecified atom stereocenters. The van der Waals surface area contributed by atoms with Crippen LogP contribution in [0.2, 0.25) is 0 Å². The van der Waals surface area contributed by atoms with E-state index in [9.17, 15) is 0 Å². The second-order valence-corrected chi connectivity index (χ2v) is 6.08. The summed E-state index contributed by atoms with van der Waals surface area (Å²) in [5.41, 5.74) is 0. The molecule has 0 atom stereocenters. The van der Waals surface area contributed by atoms with Gasteiger partial charge >= 0.3 is 0 Å². The molecule has 0 heterocycles. The molecule has 2 aromatic carbocycles. The van der Waals surface area contributed by atoms with E-state index in [1.807, 2.05) is 0 Å². The molecule has 0 spiro atoms. The number of rotatable bonds is 4. The Morgan fingerprint density at radius 2 is 1.18 bits per heavy atom. The maximum atomic E-state index is 4.88. The van der Waals surface area contributed by atoms with Crippen LogP contribution in [-0.4, -0.2) is 6.04 Å². The third-order valence-electron chi connectivity index (χ3n) is 2.35. The summed E-state index contributed by atoms with van der Waals surface area (Å²) in [7, 11) is -0.565. The molecular formula is C15H17NP-. The van der Waals surface area contributed by atoms with Crippen molar-refractivity contribution in [2.24, 2.45) is 0 Å². The van der Waals surface area contributed by atoms with Gasteiger partial charge in [-0.25, -0.2) is 0 Å². The zero-order chi connectivity index (χ0) is 12.1. The second-order valence-electron chi connectivity index (χ2n) is 4.19. The highest BCUT2D eigenvalue weighted by atomic mass is 31.1. The Bertz CT molecular complexity index is 399. The average molecular weight is 242 g/mol. The Balaban J connectivity index is 2.32. The van der Waals surface area contributed by atoms with Gasteiger partial charge in [-0.3, -0.25) is 0 Å². The predicted molar refractivity (Wildman–Crippen MR) is 77.6 cm³/mol. The quantitative estimate of drug-likeness (QED) is 0.724. The summed E-state index contributed by atoms with van der Waals surface area (Å²) in [5.74, 6) is 0. The van der Waals surface area contributed by atoms with Crippen molar-refractivity contribution in [2.75, 3.05) is 0 Å². The third kappa shape index (κ3) is 3.39. The van der Waals surface area contributed by atoms with E-state index < -0.39 is 8.07 Å². The molecule has 0 aromatic heterocycles. The second kappa shape index (κ2) is 5.95. The zero-order valence-electron chi connectivity index (χ0n) is 10.2. The van der Waals surface area contributed by atoms with Crippen molar-refractivity contribution in [3.8, 4) is 0 Å². The van der Waals surface area contributed by atoms with Gasteiger partial charge < -0.3 is 5.09 Å². The maximum Gasteiger partial charge on any atom is -0.0401 e. The minimum Gasteiger partial charge on any atom is -0.626 e. The Morgan fingerprint density at radius 3 is 1.53 bits per heavy atom. The van der Waals surface area contributed by atoms with Gasteiger partial charge in [0.2, 0.25) is 0 Å². The van der Waals surface area contributed by atoms with Crippen LogP contribution in [0.4, 0.5) is 0 Å². The average Bonchev–Trinajstić information content (AvgIpc) is 2.38. The van der Waals surface area contributed by atoms with Crippen LogP contribution in [0.5, 0.6) is 0 Å². The first-order valence-electron chi connectivity index (χ1n) is 5.88. The molecule has 0 aliphatic heterocycles. The number of nitrogens with zero attached hydrogens (tertiary/aromatic N) is 1. The molecule has 0 fully saturated rings. The standard InChI is InChI=1S/C15H17NP/c1-13(2)16-17(14-9-5-3-6-10-14)15-11-7-4-8-12-15/h3-13H,1-2H3/q-1. The molecule has 2 aromatic rings. The van der Waals surface area contributed by atoms with Crippen LogP contribution >= 0.6 is 8.07 Å². The topological polar surface area (TPSA) is 14.1 Å². The molecule has 0 bridgehead atoms. The van der Waals surface area contributed by atoms with Gasteiger partial charge in [0, 0.05) is 0 Å². The number of benzene rings is 2. The lowest BCUT2D eigenvalue weighted by Gasteiger charge is -2.37. The van der Waals surface area contributed by atoms with Crippen molar-refractivity contribution in [3.63, 3.8) is 0 Å². The third-order valence-corrected chi connectivity index (χ3v) is 4.62. The fraction of sp³-hybridized carbons (Fsp3) is 0.200. The highest BCUT2D eigenvalue weighted by Crippen LogP contribution is 2.41. The van der Waals surface area contributed by atoms with Gasteiger partial charge in [0.1, 0.15) is 0 Å². The molecule has 1 nitrogen and oxygen atoms in total. The summed E-state index contributed by atoms with van der Waals surface area (Å²) < 4.78 is 0. The minimum atomic E-state index is -0.565. The van der Waals surface area contributed by atoms with Gasteiger partial charge in [0.25, 0.3) is 0 Å². The lowest BCUT2D eigenvalue weighted by atomic mass is 10.4. The molecule has 0 N–H and O–H groups in total. The van der Waals surface area contributed by atoms with Crippen LogP contribution in [0.1, 0.15) is 13.8 Å². The Kier molecular flexibility index (Phi) is 4.30. The first-order chi connectivity index (χ1) is 8.27. The van der Waals surface area contributed by atoms with Crippen LogP contribution in [0.25, 0.3) is 5.09 Å². The van der Waals surface area contributed by atoms with Crippen LogP contribution in [0, 0.1) is 0 Å². The molecule has 0 saturated heterocycles. The van der Waals surface area contributed by atoms with E-state index in [4.69, 9.17) is 5.09 Å². The lowest BCUT2D eigenvalue weighted by Crippen LogP contribution is -2.12. The summed E-state index contributed by atoms with van der Waals surface area (Å²) in [5, 5.41) is 7.53. The van der Waals surface area contributed by atoms with E-state index in [0.717, 1.165) is 0 Å². The van der Waals surface area contributed by atoms with Crippen molar-refractivity contribution in [3.05, 3.63) is 65.8 Å². The predicted octanol–water partition coefficient (Wildman–Crippen LogP) is 3.82. The van der Waals surface area contributed by atoms with Crippen LogP contribution < -0.4 is 10.6 Å². The van der Waals surface area contributed by atoms with E-state index in [2.05, 4.69) is 74.5 Å². The molecule has 0 amide bonds. The van der Waals surface area contributed by atoms with Crippen molar-refractivity contribution in [1.82, 2.24) is 0 Å². The van der Waals surface area contributed by atoms with Crippen LogP contribution in [-0.2, 0) is 0 Å². The van der Waals surface area contributed by atoms with E-state index in [0.29, 0.717) is 6.04 Å². The summed E-state index contributed by atoms with van der Waals surface area (Å²) in [6.07, 6.45) is 0. The first-order valence-corrected chi connectivity index (χ1v) is 7.18. The Hall–Kier alpha value is -1.17. The lowest BCUT2D eigenvalue weighted by molar-refractivity contribution is 0.971. The van der Waals surface area contributed by atoms with E-state index in [1.165, 1.54) is 10.6 Å². The van der Waals surface area contributed by atoms with Crippen molar-refractivity contribution in [1.29, 1.82) is 0 Å². The molecule has 17 heavy (non-hydrogen) atoms. The first kappa shape index (κ1) is 12.3. The van der Waals surface area contributed by atoms with E-state index in [-0.39, 0.29) is 0 Å². The van der Waals surface area contributed by atoms with Crippen molar-refractivity contribution < 1.29 is 0 Å². The summed E-state index contributed by atoms with van der Waals surface area (Å²) >= 11 is 0. The number of hydrogen-bond acceptors (Lipinski definition) is 0. The highest BCUT2D eigenvalue weighted by Gasteiger charge is 2.03. The molecular weight excluding hydrogens is 225 g/mol. The smallest absolute Gasteiger partial charge is 0.0401 e. The fourth-order valence-corrected chi connectivity index (χ4v) is 3.59. The van der Waals surface area contributed by atoms with Crippen LogP contribution in [0.3, 0.4) is 0 Å². The maximum absolute atomic E-state index is 4.88. The van der Waals surface area contributed by atoms with Crippen molar-refractivity contribution >= 4 is 18.7 Å². The van der Waals surface area contributed by atoms with Crippen LogP contribution in [0.15, 0.2) is 60.7 Å². The van der Waals surface area contributed by atoms with Gasteiger partial charge in [-0.2, -0.15) is 8.07 Å². The van der Waals surface area contributed by atoms with Gasteiger partial charge in [0.15, 0.2) is 0 Å². The molecule has 0 aliphatic carbocycles. The monoisotopic (exact) mass is 242 g/mol. The van der Waals surface area contributed by atoms with Gasteiger partial charge in [-0.1, -0.05) is 74.5 Å². The molecule has 2 heteroatoms. The van der Waals surface area contributed by atoms with Gasteiger partial charge in [-0.15, -0.1) is 6.04 Å². The zero-order valence-corrected chi connectivity index (χ0v) is 11.1. The summed E-state index contributed by atoms with van der Waals surface area (Å²) in [6.45, 7) is 4.28. The minimum absolute atomic E-state index is 0.363. The molecule has 88 valence electrons. The highest BCUT2D eigenvalue weighted by molar-refractivity contribution is 7.75. The van der Waals surface area contributed by atoms with E-state index in [1.54, 1.807) is 0 Å². The number of hydrogen-bond donors (Lipinski definition) is 0. The Labute approximate surface area is 105 Å². The largest absolute Gasteiger partial charge is 0.626 e. The van der Waals surface area contributed by atoms with Gasteiger partial charge in [0.05, 0.1) is 0 Å². The summed E-state index contributed by atoms with van der Waals surface area (Å²) in [6, 6.07) is 21.5. The SMILES string of the molecule is CC(C)[N-]P(c1ccccc1)c1ccccc1. The van der Waals surface area contributed by atoms with E-state index >= 15 is 0 Å². The molecule has 0 radical (unpaired) electrons. The van der Waals surface area contributed by atoms with Crippen molar-refractivity contribution in [2.45, 2.75) is 19.9 Å². The molecule has 0 aliphatic rings. The molecule has 2 rings (SSSR count). The van der Waals surface area contributed by atoms with Gasteiger partial charge in [-0.05, 0) is 10.6 Å².